The van der Waals surface area contributed by atoms with Crippen LogP contribution < -0.4 is 10.1 Å². The Labute approximate surface area is 178 Å². The highest BCUT2D eigenvalue weighted by molar-refractivity contribution is 5.86. The van der Waals surface area contributed by atoms with E-state index in [1.165, 1.54) is 11.6 Å². The zero-order valence-corrected chi connectivity index (χ0v) is 18.1. The summed E-state index contributed by atoms with van der Waals surface area (Å²) in [5.41, 5.74) is 3.52. The van der Waals surface area contributed by atoms with Crippen molar-refractivity contribution in [2.75, 3.05) is 13.2 Å². The quantitative estimate of drug-likeness (QED) is 0.416. The average molecular weight is 406 g/mol. The second-order valence-electron chi connectivity index (χ2n) is 8.39. The fraction of sp³-hybridized carbons (Fsp3) is 0.360. The predicted molar refractivity (Wildman–Crippen MR) is 122 cm³/mol. The number of fused-ring (bicyclic) bond motifs is 1. The molecule has 5 heteroatoms. The summed E-state index contributed by atoms with van der Waals surface area (Å²) in [5.74, 6) is 1.74. The minimum absolute atomic E-state index is 0.133. The Morgan fingerprint density at radius 1 is 1.17 bits per heavy atom. The Bertz CT molecular complexity index is 997. The highest BCUT2D eigenvalue weighted by Crippen LogP contribution is 2.24. The van der Waals surface area contributed by atoms with Gasteiger partial charge < -0.3 is 14.6 Å². The van der Waals surface area contributed by atoms with Crippen molar-refractivity contribution in [2.45, 2.75) is 45.6 Å². The van der Waals surface area contributed by atoms with Crippen LogP contribution in [0.2, 0.25) is 0 Å². The van der Waals surface area contributed by atoms with Crippen molar-refractivity contribution in [3.05, 3.63) is 72.6 Å². The Morgan fingerprint density at radius 2 is 1.90 bits per heavy atom. The van der Waals surface area contributed by atoms with E-state index in [1.54, 1.807) is 0 Å². The first-order valence-electron chi connectivity index (χ1n) is 10.5. The molecule has 2 aromatic carbocycles. The van der Waals surface area contributed by atoms with Gasteiger partial charge in [-0.25, -0.2) is 4.98 Å². The molecule has 0 fully saturated rings. The molecular weight excluding hydrogens is 374 g/mol. The summed E-state index contributed by atoms with van der Waals surface area (Å²) < 4.78 is 8.22. The molecule has 0 radical (unpaired) electrons. The maximum absolute atomic E-state index is 11.3. The van der Waals surface area contributed by atoms with E-state index < -0.39 is 0 Å². The van der Waals surface area contributed by atoms with Gasteiger partial charge in [-0.3, -0.25) is 4.79 Å². The molecule has 1 aromatic heterocycles. The average Bonchev–Trinajstić information content (AvgIpc) is 3.08. The third kappa shape index (κ3) is 5.50. The van der Waals surface area contributed by atoms with Gasteiger partial charge in [0.15, 0.2) is 0 Å². The molecule has 3 aromatic rings. The van der Waals surface area contributed by atoms with Crippen molar-refractivity contribution in [3.8, 4) is 5.75 Å². The molecule has 30 heavy (non-hydrogen) atoms. The van der Waals surface area contributed by atoms with Gasteiger partial charge in [0.1, 0.15) is 18.2 Å². The van der Waals surface area contributed by atoms with Crippen molar-refractivity contribution in [1.29, 1.82) is 0 Å². The summed E-state index contributed by atoms with van der Waals surface area (Å²) >= 11 is 0. The van der Waals surface area contributed by atoms with Crippen LogP contribution in [0.4, 0.5) is 0 Å². The van der Waals surface area contributed by atoms with E-state index >= 15 is 0 Å². The number of benzene rings is 2. The summed E-state index contributed by atoms with van der Waals surface area (Å²) in [6, 6.07) is 16.5. The number of carbonyl (C=O) groups excluding carboxylic acids is 1. The van der Waals surface area contributed by atoms with E-state index in [1.807, 2.05) is 30.3 Å². The number of nitrogens with one attached hydrogen (secondary N) is 1. The smallest absolute Gasteiger partial charge is 0.243 e. The van der Waals surface area contributed by atoms with Crippen molar-refractivity contribution >= 4 is 16.9 Å². The molecule has 0 aliphatic heterocycles. The number of rotatable bonds is 9. The van der Waals surface area contributed by atoms with Gasteiger partial charge in [-0.05, 0) is 47.7 Å². The van der Waals surface area contributed by atoms with Crippen molar-refractivity contribution in [2.24, 2.45) is 0 Å². The second-order valence-corrected chi connectivity index (χ2v) is 8.39. The number of nitrogens with zero attached hydrogens (tertiary/aromatic N) is 2. The van der Waals surface area contributed by atoms with Crippen LogP contribution in [0.1, 0.15) is 38.6 Å². The summed E-state index contributed by atoms with van der Waals surface area (Å²) in [5, 5.41) is 2.82. The van der Waals surface area contributed by atoms with E-state index in [0.717, 1.165) is 42.0 Å². The van der Waals surface area contributed by atoms with Gasteiger partial charge in [-0.1, -0.05) is 51.6 Å². The monoisotopic (exact) mass is 405 g/mol. The molecule has 5 nitrogen and oxygen atoms in total. The molecule has 1 heterocycles. The standard InChI is InChI=1S/C25H31N3O2/c1-5-24(29)26-16-8-11-23-27-21-9-6-7-10-22(21)28(23)17-18-30-20-14-12-19(13-15-20)25(2,3)4/h5-7,9-10,12-15H,1,8,11,16-18H2,2-4H3,(H,26,29). The SMILES string of the molecule is C=CC(=O)NCCCc1nc2ccccc2n1CCOc1ccc(C(C)(C)C)cc1. The summed E-state index contributed by atoms with van der Waals surface area (Å²) in [6.07, 6.45) is 2.89. The third-order valence-electron chi connectivity index (χ3n) is 5.10. The van der Waals surface area contributed by atoms with Crippen LogP contribution >= 0.6 is 0 Å². The highest BCUT2D eigenvalue weighted by Gasteiger charge is 2.13. The zero-order chi connectivity index (χ0) is 21.6. The maximum atomic E-state index is 11.3. The van der Waals surface area contributed by atoms with Crippen molar-refractivity contribution in [3.63, 3.8) is 0 Å². The topological polar surface area (TPSA) is 56.2 Å². The van der Waals surface area contributed by atoms with E-state index in [9.17, 15) is 4.79 Å². The number of para-hydroxylation sites is 2. The van der Waals surface area contributed by atoms with Gasteiger partial charge in [-0.15, -0.1) is 0 Å². The largest absolute Gasteiger partial charge is 0.492 e. The van der Waals surface area contributed by atoms with Crippen LogP contribution in [0.5, 0.6) is 5.75 Å². The second kappa shape index (κ2) is 9.61. The molecule has 3 rings (SSSR count). The summed E-state index contributed by atoms with van der Waals surface area (Å²) in [7, 11) is 0. The molecule has 0 saturated carbocycles. The molecule has 0 unspecified atom stereocenters. The molecule has 0 bridgehead atoms. The van der Waals surface area contributed by atoms with Crippen molar-refractivity contribution < 1.29 is 9.53 Å². The highest BCUT2D eigenvalue weighted by atomic mass is 16.5. The molecule has 0 aliphatic rings. The summed E-state index contributed by atoms with van der Waals surface area (Å²) in [4.78, 5) is 16.1. The molecule has 0 aliphatic carbocycles. The molecule has 0 spiro atoms. The Balaban J connectivity index is 1.64. The van der Waals surface area contributed by atoms with E-state index in [-0.39, 0.29) is 11.3 Å². The lowest BCUT2D eigenvalue weighted by atomic mass is 9.87. The first-order valence-corrected chi connectivity index (χ1v) is 10.5. The molecule has 1 N–H and O–H groups in total. The van der Waals surface area contributed by atoms with Crippen LogP contribution in [0, 0.1) is 0 Å². The van der Waals surface area contributed by atoms with Gasteiger partial charge in [0, 0.05) is 13.0 Å². The fourth-order valence-electron chi connectivity index (χ4n) is 3.40. The fourth-order valence-corrected chi connectivity index (χ4v) is 3.40. The Morgan fingerprint density at radius 3 is 2.60 bits per heavy atom. The number of imidazole rings is 1. The normalized spacial score (nSPS) is 11.4. The molecule has 1 amide bonds. The minimum Gasteiger partial charge on any atom is -0.492 e. The Kier molecular flexibility index (Phi) is 6.93. The van der Waals surface area contributed by atoms with Gasteiger partial charge >= 0.3 is 0 Å². The Hall–Kier alpha value is -3.08. The number of aromatic nitrogens is 2. The van der Waals surface area contributed by atoms with Crippen LogP contribution in [0.15, 0.2) is 61.2 Å². The summed E-state index contributed by atoms with van der Waals surface area (Å²) in [6.45, 7) is 12.0. The predicted octanol–water partition coefficient (Wildman–Crippen LogP) is 4.65. The zero-order valence-electron chi connectivity index (χ0n) is 18.1. The van der Waals surface area contributed by atoms with Gasteiger partial charge in [0.2, 0.25) is 5.91 Å². The van der Waals surface area contributed by atoms with Crippen LogP contribution in [-0.4, -0.2) is 28.6 Å². The lowest BCUT2D eigenvalue weighted by Crippen LogP contribution is -2.22. The van der Waals surface area contributed by atoms with E-state index in [4.69, 9.17) is 9.72 Å². The van der Waals surface area contributed by atoms with E-state index in [0.29, 0.717) is 13.2 Å². The van der Waals surface area contributed by atoms with Crippen LogP contribution in [-0.2, 0) is 23.2 Å². The van der Waals surface area contributed by atoms with Gasteiger partial charge in [0.25, 0.3) is 0 Å². The van der Waals surface area contributed by atoms with E-state index in [2.05, 4.69) is 55.4 Å². The van der Waals surface area contributed by atoms with Gasteiger partial charge in [-0.2, -0.15) is 0 Å². The number of carbonyl (C=O) groups is 1. The number of amides is 1. The third-order valence-corrected chi connectivity index (χ3v) is 5.10. The van der Waals surface area contributed by atoms with Crippen LogP contribution in [0.3, 0.4) is 0 Å². The number of ether oxygens (including phenoxy) is 1. The molecule has 158 valence electrons. The molecule has 0 atom stereocenters. The van der Waals surface area contributed by atoms with Crippen molar-refractivity contribution in [1.82, 2.24) is 14.9 Å². The lowest BCUT2D eigenvalue weighted by molar-refractivity contribution is -0.116. The number of hydrogen-bond acceptors (Lipinski definition) is 3. The lowest BCUT2D eigenvalue weighted by Gasteiger charge is -2.19. The first kappa shape index (κ1) is 21.6. The van der Waals surface area contributed by atoms with Crippen LogP contribution in [0.25, 0.3) is 11.0 Å². The number of hydrogen-bond donors (Lipinski definition) is 1. The minimum atomic E-state index is -0.144. The first-order chi connectivity index (χ1) is 14.4. The molecule has 0 saturated heterocycles. The number of aryl methyl sites for hydroxylation is 1. The van der Waals surface area contributed by atoms with Gasteiger partial charge in [0.05, 0.1) is 17.6 Å². The maximum Gasteiger partial charge on any atom is 0.243 e. The molecular formula is C25H31N3O2.